The SMILES string of the molecule is CC1CCN(C(=O)C2(n3cnc(NC(=O)C(COCc4ccccc4)NC(=O)C(C)(C)N)c3)CCC2)CC1. The molecule has 1 aliphatic heterocycles. The minimum atomic E-state index is -1.16. The molecule has 1 saturated heterocycles. The van der Waals surface area contributed by atoms with Gasteiger partial charge in [0.15, 0.2) is 5.82 Å². The van der Waals surface area contributed by atoms with Crippen molar-refractivity contribution in [3.8, 4) is 0 Å². The van der Waals surface area contributed by atoms with Crippen molar-refractivity contribution in [2.24, 2.45) is 11.7 Å². The van der Waals surface area contributed by atoms with E-state index in [4.69, 9.17) is 10.5 Å². The van der Waals surface area contributed by atoms with Crippen molar-refractivity contribution in [2.45, 2.75) is 76.6 Å². The van der Waals surface area contributed by atoms with E-state index in [9.17, 15) is 14.4 Å². The number of imidazole rings is 1. The average molecular weight is 525 g/mol. The number of likely N-dealkylation sites (tertiary alicyclic amines) is 1. The van der Waals surface area contributed by atoms with Crippen LogP contribution in [0, 0.1) is 5.92 Å². The Balaban J connectivity index is 1.42. The number of rotatable bonds is 10. The highest BCUT2D eigenvalue weighted by molar-refractivity contribution is 5.98. The normalized spacial score (nSPS) is 18.4. The van der Waals surface area contributed by atoms with Gasteiger partial charge < -0.3 is 30.6 Å². The summed E-state index contributed by atoms with van der Waals surface area (Å²) in [4.78, 5) is 45.6. The van der Waals surface area contributed by atoms with E-state index in [2.05, 4.69) is 22.5 Å². The number of piperidine rings is 1. The molecule has 1 aliphatic carbocycles. The number of hydrogen-bond donors (Lipinski definition) is 3. The van der Waals surface area contributed by atoms with E-state index in [1.807, 2.05) is 39.8 Å². The van der Waals surface area contributed by atoms with Crippen molar-refractivity contribution < 1.29 is 19.1 Å². The fraction of sp³-hybridized carbons (Fsp3) is 0.571. The van der Waals surface area contributed by atoms with Crippen molar-refractivity contribution in [1.82, 2.24) is 19.8 Å². The standard InChI is InChI=1S/C28H40N6O4/c1-20-10-14-33(15-11-20)26(37)28(12-7-13-28)34-16-23(30-19-34)32-24(35)22(31-25(36)27(2,3)29)18-38-17-21-8-5-4-6-9-21/h4-6,8-9,16,19-20,22H,7,10-15,17-18,29H2,1-3H3,(H,31,36)(H,32,35). The molecular weight excluding hydrogens is 484 g/mol. The Labute approximate surface area is 224 Å². The lowest BCUT2D eigenvalue weighted by atomic mass is 9.75. The third-order valence-electron chi connectivity index (χ3n) is 7.58. The molecule has 1 aromatic heterocycles. The maximum absolute atomic E-state index is 13.5. The van der Waals surface area contributed by atoms with Crippen LogP contribution in [0.3, 0.4) is 0 Å². The second kappa shape index (κ2) is 11.7. The zero-order valence-electron chi connectivity index (χ0n) is 22.6. The molecule has 2 fully saturated rings. The summed E-state index contributed by atoms with van der Waals surface area (Å²) >= 11 is 0. The molecule has 10 heteroatoms. The highest BCUT2D eigenvalue weighted by atomic mass is 16.5. The van der Waals surface area contributed by atoms with Crippen LogP contribution in [0.15, 0.2) is 42.9 Å². The zero-order chi connectivity index (χ0) is 27.3. The number of nitrogens with one attached hydrogen (secondary N) is 2. The summed E-state index contributed by atoms with van der Waals surface area (Å²) in [5, 5.41) is 5.47. The molecule has 1 saturated carbocycles. The van der Waals surface area contributed by atoms with Crippen LogP contribution in [-0.4, -0.2) is 63.4 Å². The Morgan fingerprint density at radius 3 is 2.47 bits per heavy atom. The van der Waals surface area contributed by atoms with Gasteiger partial charge in [0.2, 0.25) is 11.8 Å². The molecule has 0 radical (unpaired) electrons. The Bertz CT molecular complexity index is 1110. The lowest BCUT2D eigenvalue weighted by Gasteiger charge is -2.45. The first-order valence-corrected chi connectivity index (χ1v) is 13.4. The van der Waals surface area contributed by atoms with Crippen LogP contribution in [0.2, 0.25) is 0 Å². The molecule has 3 amide bonds. The predicted octanol–water partition coefficient (Wildman–Crippen LogP) is 2.40. The molecule has 0 bridgehead atoms. The largest absolute Gasteiger partial charge is 0.374 e. The molecule has 2 heterocycles. The van der Waals surface area contributed by atoms with E-state index in [1.54, 1.807) is 26.4 Å². The zero-order valence-corrected chi connectivity index (χ0v) is 22.6. The van der Waals surface area contributed by atoms with Gasteiger partial charge in [-0.05, 0) is 57.4 Å². The van der Waals surface area contributed by atoms with Crippen LogP contribution in [0.1, 0.15) is 58.4 Å². The number of benzene rings is 1. The maximum atomic E-state index is 13.5. The first-order valence-electron chi connectivity index (χ1n) is 13.4. The van der Waals surface area contributed by atoms with Crippen molar-refractivity contribution >= 4 is 23.5 Å². The first kappa shape index (κ1) is 27.8. The minimum absolute atomic E-state index is 0.0426. The number of ether oxygens (including phenoxy) is 1. The van der Waals surface area contributed by atoms with Crippen LogP contribution in [0.5, 0.6) is 0 Å². The van der Waals surface area contributed by atoms with Crippen molar-refractivity contribution in [3.63, 3.8) is 0 Å². The van der Waals surface area contributed by atoms with Crippen molar-refractivity contribution in [1.29, 1.82) is 0 Å². The van der Waals surface area contributed by atoms with Gasteiger partial charge >= 0.3 is 0 Å². The smallest absolute Gasteiger partial charge is 0.250 e. The lowest BCUT2D eigenvalue weighted by Crippen LogP contribution is -2.56. The molecule has 10 nitrogen and oxygen atoms in total. The molecule has 2 aliphatic rings. The van der Waals surface area contributed by atoms with Gasteiger partial charge in [0.1, 0.15) is 11.6 Å². The van der Waals surface area contributed by atoms with Crippen molar-refractivity contribution in [2.75, 3.05) is 25.0 Å². The van der Waals surface area contributed by atoms with Gasteiger partial charge in [-0.1, -0.05) is 37.3 Å². The van der Waals surface area contributed by atoms with E-state index in [0.717, 1.165) is 50.8 Å². The monoisotopic (exact) mass is 524 g/mol. The molecule has 38 heavy (non-hydrogen) atoms. The molecule has 4 N–H and O–H groups in total. The molecule has 206 valence electrons. The van der Waals surface area contributed by atoms with Crippen LogP contribution in [0.4, 0.5) is 5.82 Å². The summed E-state index contributed by atoms with van der Waals surface area (Å²) in [6.45, 7) is 7.18. The van der Waals surface area contributed by atoms with Gasteiger partial charge in [-0.25, -0.2) is 4.98 Å². The van der Waals surface area contributed by atoms with Crippen molar-refractivity contribution in [3.05, 3.63) is 48.4 Å². The topological polar surface area (TPSA) is 132 Å². The van der Waals surface area contributed by atoms with E-state index < -0.39 is 28.9 Å². The van der Waals surface area contributed by atoms with Gasteiger partial charge in [-0.15, -0.1) is 0 Å². The number of nitrogens with zero attached hydrogens (tertiary/aromatic N) is 3. The van der Waals surface area contributed by atoms with Crippen LogP contribution in [-0.2, 0) is 31.3 Å². The summed E-state index contributed by atoms with van der Waals surface area (Å²) in [6.07, 6.45) is 7.83. The third-order valence-corrected chi connectivity index (χ3v) is 7.58. The van der Waals surface area contributed by atoms with Crippen LogP contribution < -0.4 is 16.4 Å². The van der Waals surface area contributed by atoms with Gasteiger partial charge in [0.25, 0.3) is 5.91 Å². The molecule has 2 aromatic rings. The van der Waals surface area contributed by atoms with Gasteiger partial charge in [-0.3, -0.25) is 14.4 Å². The Kier molecular flexibility index (Phi) is 8.52. The summed E-state index contributed by atoms with van der Waals surface area (Å²) in [5.41, 5.74) is 5.08. The highest BCUT2D eigenvalue weighted by Gasteiger charge is 2.48. The van der Waals surface area contributed by atoms with Crippen LogP contribution >= 0.6 is 0 Å². The number of carbonyl (C=O) groups excluding carboxylic acids is 3. The second-order valence-electron chi connectivity index (χ2n) is 11.3. The summed E-state index contributed by atoms with van der Waals surface area (Å²) in [7, 11) is 0. The third kappa shape index (κ3) is 6.42. The molecule has 0 spiro atoms. The fourth-order valence-corrected chi connectivity index (χ4v) is 4.83. The molecule has 1 unspecified atom stereocenters. The second-order valence-corrected chi connectivity index (χ2v) is 11.3. The Hall–Kier alpha value is -3.24. The quantitative estimate of drug-likeness (QED) is 0.437. The van der Waals surface area contributed by atoms with E-state index in [0.29, 0.717) is 18.3 Å². The number of aromatic nitrogens is 2. The summed E-state index contributed by atoms with van der Waals surface area (Å²) in [5.74, 6) is 0.147. The molecule has 4 rings (SSSR count). The number of nitrogens with two attached hydrogens (primary N) is 1. The number of carbonyl (C=O) groups is 3. The average Bonchev–Trinajstić information content (AvgIpc) is 3.31. The Morgan fingerprint density at radius 1 is 1.18 bits per heavy atom. The molecule has 1 aromatic carbocycles. The summed E-state index contributed by atoms with van der Waals surface area (Å²) in [6, 6.07) is 8.59. The van der Waals surface area contributed by atoms with E-state index in [1.165, 1.54) is 0 Å². The summed E-state index contributed by atoms with van der Waals surface area (Å²) < 4.78 is 7.60. The van der Waals surface area contributed by atoms with Crippen LogP contribution in [0.25, 0.3) is 0 Å². The number of anilines is 1. The minimum Gasteiger partial charge on any atom is -0.374 e. The van der Waals surface area contributed by atoms with Gasteiger partial charge in [0, 0.05) is 19.3 Å². The fourth-order valence-electron chi connectivity index (χ4n) is 4.83. The van der Waals surface area contributed by atoms with Gasteiger partial charge in [-0.2, -0.15) is 0 Å². The predicted molar refractivity (Wildman–Crippen MR) is 144 cm³/mol. The van der Waals surface area contributed by atoms with Gasteiger partial charge in [0.05, 0.1) is 25.1 Å². The van der Waals surface area contributed by atoms with E-state index in [-0.39, 0.29) is 12.5 Å². The number of amides is 3. The highest BCUT2D eigenvalue weighted by Crippen LogP contribution is 2.42. The first-order chi connectivity index (χ1) is 18.1. The molecule has 1 atom stereocenters. The lowest BCUT2D eigenvalue weighted by molar-refractivity contribution is -0.147. The Morgan fingerprint density at radius 2 is 1.87 bits per heavy atom. The number of hydrogen-bond acceptors (Lipinski definition) is 6. The molecular formula is C28H40N6O4. The maximum Gasteiger partial charge on any atom is 0.250 e. The van der Waals surface area contributed by atoms with E-state index >= 15 is 0 Å².